The minimum atomic E-state index is -0.422. The van der Waals surface area contributed by atoms with E-state index < -0.39 is 4.92 Å². The maximum atomic E-state index is 13.8. The lowest BCUT2D eigenvalue weighted by Crippen LogP contribution is -2.43. The number of rotatable bonds is 7. The van der Waals surface area contributed by atoms with Gasteiger partial charge >= 0.3 is 0 Å². The topological polar surface area (TPSA) is 101 Å². The summed E-state index contributed by atoms with van der Waals surface area (Å²) in [6, 6.07) is 10.5. The molecule has 10 nitrogen and oxygen atoms in total. The first kappa shape index (κ1) is 25.0. The molecular formula is C24H26BrN5O5S. The van der Waals surface area contributed by atoms with Crippen LogP contribution >= 0.6 is 27.3 Å². The second-order valence-corrected chi connectivity index (χ2v) is 10.5. The van der Waals surface area contributed by atoms with Crippen LogP contribution in [0, 0.1) is 10.1 Å². The average Bonchev–Trinajstić information content (AvgIpc) is 3.32. The highest BCUT2D eigenvalue weighted by atomic mass is 79.9. The Morgan fingerprint density at radius 3 is 2.53 bits per heavy atom. The van der Waals surface area contributed by atoms with E-state index in [1.165, 1.54) is 17.4 Å². The largest absolute Gasteiger partial charge is 0.379 e. The first-order valence-electron chi connectivity index (χ1n) is 11.8. The summed E-state index contributed by atoms with van der Waals surface area (Å²) in [4.78, 5) is 35.9. The van der Waals surface area contributed by atoms with Gasteiger partial charge < -0.3 is 14.4 Å². The van der Waals surface area contributed by atoms with Crippen LogP contribution in [0.3, 0.4) is 0 Å². The van der Waals surface area contributed by atoms with Crippen molar-refractivity contribution in [3.63, 3.8) is 0 Å². The summed E-state index contributed by atoms with van der Waals surface area (Å²) < 4.78 is 12.7. The number of anilines is 2. The summed E-state index contributed by atoms with van der Waals surface area (Å²) in [5.74, 6) is -0.307. The molecule has 36 heavy (non-hydrogen) atoms. The van der Waals surface area contributed by atoms with Crippen LogP contribution in [0.5, 0.6) is 0 Å². The van der Waals surface area contributed by atoms with E-state index in [4.69, 9.17) is 14.5 Å². The second-order valence-electron chi connectivity index (χ2n) is 8.58. The Balaban J connectivity index is 1.46. The number of carbonyl (C=O) groups is 1. The van der Waals surface area contributed by atoms with Crippen molar-refractivity contribution in [3.8, 4) is 0 Å². The molecule has 0 saturated carbocycles. The lowest BCUT2D eigenvalue weighted by molar-refractivity contribution is -0.384. The lowest BCUT2D eigenvalue weighted by atomic mass is 10.1. The van der Waals surface area contributed by atoms with Crippen LogP contribution in [0.2, 0.25) is 0 Å². The molecule has 2 aliphatic heterocycles. The zero-order chi connectivity index (χ0) is 25.1. The normalized spacial score (nSPS) is 16.9. The van der Waals surface area contributed by atoms with E-state index in [-0.39, 0.29) is 17.2 Å². The SMILES string of the molecule is O=C(c1ccc(N2CCOCC2)c([N+](=O)[O-])c1)N(CCN1CCOCC1)c1nc2ccc(Br)cc2s1. The highest BCUT2D eigenvalue weighted by Crippen LogP contribution is 2.34. The Morgan fingerprint density at radius 2 is 1.81 bits per heavy atom. The first-order valence-corrected chi connectivity index (χ1v) is 13.4. The Morgan fingerprint density at radius 1 is 1.08 bits per heavy atom. The number of amides is 1. The van der Waals surface area contributed by atoms with Crippen LogP contribution < -0.4 is 9.80 Å². The molecule has 2 saturated heterocycles. The smallest absolute Gasteiger partial charge is 0.293 e. The van der Waals surface area contributed by atoms with Crippen LogP contribution in [-0.2, 0) is 9.47 Å². The Labute approximate surface area is 220 Å². The number of aromatic nitrogens is 1. The number of carbonyl (C=O) groups excluding carboxylic acids is 1. The van der Waals surface area contributed by atoms with Gasteiger partial charge in [-0.15, -0.1) is 0 Å². The molecule has 1 amide bonds. The highest BCUT2D eigenvalue weighted by molar-refractivity contribution is 9.10. The Bertz CT molecular complexity index is 1260. The molecule has 190 valence electrons. The number of hydrogen-bond donors (Lipinski definition) is 0. The van der Waals surface area contributed by atoms with Crippen LogP contribution in [0.4, 0.5) is 16.5 Å². The zero-order valence-electron chi connectivity index (χ0n) is 19.6. The summed E-state index contributed by atoms with van der Waals surface area (Å²) in [5.41, 5.74) is 1.49. The fraction of sp³-hybridized carbons (Fsp3) is 0.417. The molecule has 5 rings (SSSR count). The van der Waals surface area contributed by atoms with Gasteiger partial charge in [0.2, 0.25) is 0 Å². The lowest BCUT2D eigenvalue weighted by Gasteiger charge is -2.30. The zero-order valence-corrected chi connectivity index (χ0v) is 22.0. The number of hydrogen-bond acceptors (Lipinski definition) is 9. The molecule has 12 heteroatoms. The molecule has 2 aromatic carbocycles. The van der Waals surface area contributed by atoms with Crippen molar-refractivity contribution in [2.24, 2.45) is 0 Å². The summed E-state index contributed by atoms with van der Waals surface area (Å²) in [6.07, 6.45) is 0. The molecule has 2 aliphatic rings. The van der Waals surface area contributed by atoms with E-state index in [1.54, 1.807) is 17.0 Å². The van der Waals surface area contributed by atoms with Gasteiger partial charge in [0.15, 0.2) is 5.13 Å². The molecule has 3 aromatic rings. The van der Waals surface area contributed by atoms with Gasteiger partial charge in [0.1, 0.15) is 5.69 Å². The fourth-order valence-electron chi connectivity index (χ4n) is 4.38. The molecule has 0 aliphatic carbocycles. The van der Waals surface area contributed by atoms with Gasteiger partial charge in [-0.05, 0) is 30.3 Å². The van der Waals surface area contributed by atoms with Crippen LogP contribution in [0.15, 0.2) is 40.9 Å². The molecule has 0 bridgehead atoms. The number of ether oxygens (including phenoxy) is 2. The average molecular weight is 576 g/mol. The van der Waals surface area contributed by atoms with Crippen LogP contribution in [-0.4, -0.2) is 86.4 Å². The van der Waals surface area contributed by atoms with Crippen molar-refractivity contribution in [3.05, 3.63) is 56.5 Å². The second kappa shape index (κ2) is 11.2. The number of thiazole rings is 1. The van der Waals surface area contributed by atoms with Gasteiger partial charge in [0.25, 0.3) is 11.6 Å². The van der Waals surface area contributed by atoms with Gasteiger partial charge in [-0.1, -0.05) is 27.3 Å². The molecule has 0 radical (unpaired) electrons. The fourth-order valence-corrected chi connectivity index (χ4v) is 5.92. The number of morpholine rings is 2. The van der Waals surface area contributed by atoms with E-state index in [2.05, 4.69) is 20.8 Å². The monoisotopic (exact) mass is 575 g/mol. The third-order valence-corrected chi connectivity index (χ3v) is 7.86. The van der Waals surface area contributed by atoms with Gasteiger partial charge in [-0.25, -0.2) is 4.98 Å². The molecule has 0 unspecified atom stereocenters. The molecule has 3 heterocycles. The predicted molar refractivity (Wildman–Crippen MR) is 142 cm³/mol. The summed E-state index contributed by atoms with van der Waals surface area (Å²) in [6.45, 7) is 6.17. The minimum Gasteiger partial charge on any atom is -0.379 e. The maximum absolute atomic E-state index is 13.8. The summed E-state index contributed by atoms with van der Waals surface area (Å²) in [7, 11) is 0. The number of nitro benzene ring substituents is 1. The van der Waals surface area contributed by atoms with Crippen molar-refractivity contribution in [1.82, 2.24) is 9.88 Å². The van der Waals surface area contributed by atoms with E-state index in [9.17, 15) is 14.9 Å². The third kappa shape index (κ3) is 5.52. The molecule has 1 aromatic heterocycles. The number of fused-ring (bicyclic) bond motifs is 1. The summed E-state index contributed by atoms with van der Waals surface area (Å²) in [5, 5.41) is 12.5. The van der Waals surface area contributed by atoms with E-state index in [1.807, 2.05) is 23.1 Å². The van der Waals surface area contributed by atoms with Gasteiger partial charge in [0.05, 0.1) is 41.6 Å². The van der Waals surface area contributed by atoms with Gasteiger partial charge in [-0.3, -0.25) is 24.7 Å². The number of halogens is 1. The van der Waals surface area contributed by atoms with Crippen LogP contribution in [0.25, 0.3) is 10.2 Å². The third-order valence-electron chi connectivity index (χ3n) is 6.33. The van der Waals surface area contributed by atoms with Crippen molar-refractivity contribution in [1.29, 1.82) is 0 Å². The maximum Gasteiger partial charge on any atom is 0.293 e. The molecule has 2 fully saturated rings. The van der Waals surface area contributed by atoms with Gasteiger partial charge in [0, 0.05) is 55.4 Å². The molecule has 0 atom stereocenters. The van der Waals surface area contributed by atoms with Crippen LogP contribution in [0.1, 0.15) is 10.4 Å². The predicted octanol–water partition coefficient (Wildman–Crippen LogP) is 3.78. The summed E-state index contributed by atoms with van der Waals surface area (Å²) >= 11 is 4.92. The van der Waals surface area contributed by atoms with Crippen molar-refractivity contribution in [2.75, 3.05) is 75.5 Å². The number of benzene rings is 2. The minimum absolute atomic E-state index is 0.0795. The highest BCUT2D eigenvalue weighted by Gasteiger charge is 2.27. The first-order chi connectivity index (χ1) is 17.5. The van der Waals surface area contributed by atoms with Gasteiger partial charge in [-0.2, -0.15) is 0 Å². The van der Waals surface area contributed by atoms with Crippen molar-refractivity contribution >= 4 is 59.9 Å². The number of nitrogens with zero attached hydrogens (tertiary/aromatic N) is 5. The van der Waals surface area contributed by atoms with E-state index >= 15 is 0 Å². The van der Waals surface area contributed by atoms with E-state index in [0.717, 1.165) is 27.8 Å². The van der Waals surface area contributed by atoms with Crippen molar-refractivity contribution in [2.45, 2.75) is 0 Å². The standard InChI is InChI=1S/C24H26BrN5O5S/c25-18-2-3-19-22(16-18)36-24(26-19)29(6-5-27-7-11-34-12-8-27)23(31)17-1-4-20(21(15-17)30(32)33)28-9-13-35-14-10-28/h1-4,15-16H,5-14H2. The quantitative estimate of drug-likeness (QED) is 0.310. The molecule has 0 N–H and O–H groups in total. The van der Waals surface area contributed by atoms with Crippen molar-refractivity contribution < 1.29 is 19.2 Å². The van der Waals surface area contributed by atoms with E-state index in [0.29, 0.717) is 63.4 Å². The number of nitro groups is 1. The Hall–Kier alpha value is -2.64. The molecular weight excluding hydrogens is 550 g/mol. The Kier molecular flexibility index (Phi) is 7.77. The molecule has 0 spiro atoms.